The topological polar surface area (TPSA) is 53.0 Å². The molecule has 2 aromatic rings. The summed E-state index contributed by atoms with van der Waals surface area (Å²) < 4.78 is 0. The Hall–Kier alpha value is -2.05. The van der Waals surface area contributed by atoms with E-state index >= 15 is 0 Å². The molecular formula is C17H19N3. The number of anilines is 1. The van der Waals surface area contributed by atoms with Gasteiger partial charge in [0.05, 0.1) is 11.6 Å². The lowest BCUT2D eigenvalue weighted by Gasteiger charge is -2.34. The summed E-state index contributed by atoms with van der Waals surface area (Å²) in [6, 6.07) is 14.5. The second-order valence-corrected chi connectivity index (χ2v) is 5.46. The Bertz CT molecular complexity index is 649. The molecule has 1 saturated heterocycles. The summed E-state index contributed by atoms with van der Waals surface area (Å²) in [6.07, 6.45) is 2.32. The van der Waals surface area contributed by atoms with Crippen LogP contribution < -0.4 is 10.6 Å². The van der Waals surface area contributed by atoms with E-state index in [1.165, 1.54) is 11.1 Å². The fourth-order valence-electron chi connectivity index (χ4n) is 3.07. The molecule has 0 radical (unpaired) electrons. The normalized spacial score (nSPS) is 16.3. The van der Waals surface area contributed by atoms with Gasteiger partial charge >= 0.3 is 0 Å². The van der Waals surface area contributed by atoms with Gasteiger partial charge in [-0.1, -0.05) is 24.3 Å². The van der Waals surface area contributed by atoms with E-state index < -0.39 is 0 Å². The smallest absolute Gasteiger partial charge is 0.0998 e. The Morgan fingerprint density at radius 2 is 1.80 bits per heavy atom. The molecule has 0 aliphatic carbocycles. The van der Waals surface area contributed by atoms with E-state index in [4.69, 9.17) is 5.73 Å². The lowest BCUT2D eigenvalue weighted by molar-refractivity contribution is 0.415. The number of nitriles is 1. The molecule has 1 aliphatic heterocycles. The molecule has 1 fully saturated rings. The molecule has 0 spiro atoms. The van der Waals surface area contributed by atoms with Crippen molar-refractivity contribution in [2.75, 3.05) is 24.5 Å². The minimum atomic E-state index is 0.663. The van der Waals surface area contributed by atoms with Crippen molar-refractivity contribution in [1.29, 1.82) is 5.26 Å². The standard InChI is InChI=1S/C17H19N3/c18-11-13-7-9-20(10-8-13)17-6-5-14(12-19)15-3-1-2-4-16(15)17/h1-6,13H,7-11,18H2. The van der Waals surface area contributed by atoms with Crippen LogP contribution in [0.15, 0.2) is 36.4 Å². The van der Waals surface area contributed by atoms with Crippen LogP contribution in [0, 0.1) is 17.2 Å². The molecular weight excluding hydrogens is 246 g/mol. The maximum Gasteiger partial charge on any atom is 0.0998 e. The quantitative estimate of drug-likeness (QED) is 0.908. The van der Waals surface area contributed by atoms with Crippen LogP contribution in [-0.4, -0.2) is 19.6 Å². The maximum atomic E-state index is 9.23. The molecule has 0 bridgehead atoms. The molecule has 3 nitrogen and oxygen atoms in total. The van der Waals surface area contributed by atoms with Crippen LogP contribution in [-0.2, 0) is 0 Å². The molecule has 0 aromatic heterocycles. The van der Waals surface area contributed by atoms with Crippen molar-refractivity contribution in [2.24, 2.45) is 11.7 Å². The lowest BCUT2D eigenvalue weighted by atomic mass is 9.95. The minimum absolute atomic E-state index is 0.663. The van der Waals surface area contributed by atoms with Crippen LogP contribution in [0.3, 0.4) is 0 Å². The van der Waals surface area contributed by atoms with Crippen LogP contribution in [0.1, 0.15) is 18.4 Å². The predicted molar refractivity (Wildman–Crippen MR) is 82.7 cm³/mol. The highest BCUT2D eigenvalue weighted by Crippen LogP contribution is 2.31. The molecule has 0 amide bonds. The molecule has 0 saturated carbocycles. The molecule has 0 unspecified atom stereocenters. The van der Waals surface area contributed by atoms with Crippen molar-refractivity contribution in [1.82, 2.24) is 0 Å². The van der Waals surface area contributed by atoms with Gasteiger partial charge in [-0.25, -0.2) is 0 Å². The number of nitrogens with zero attached hydrogens (tertiary/aromatic N) is 2. The van der Waals surface area contributed by atoms with Crippen LogP contribution >= 0.6 is 0 Å². The summed E-state index contributed by atoms with van der Waals surface area (Å²) in [6.45, 7) is 2.90. The summed E-state index contributed by atoms with van der Waals surface area (Å²) in [5, 5.41) is 11.5. The number of hydrogen-bond donors (Lipinski definition) is 1. The van der Waals surface area contributed by atoms with Gasteiger partial charge in [-0.15, -0.1) is 0 Å². The van der Waals surface area contributed by atoms with Crippen molar-refractivity contribution in [3.8, 4) is 6.07 Å². The first-order valence-electron chi connectivity index (χ1n) is 7.20. The fourth-order valence-corrected chi connectivity index (χ4v) is 3.07. The summed E-state index contributed by atoms with van der Waals surface area (Å²) in [5.41, 5.74) is 7.76. The highest BCUT2D eigenvalue weighted by Gasteiger charge is 2.19. The van der Waals surface area contributed by atoms with Gasteiger partial charge in [0.15, 0.2) is 0 Å². The molecule has 3 rings (SSSR count). The van der Waals surface area contributed by atoms with Crippen molar-refractivity contribution in [2.45, 2.75) is 12.8 Å². The number of hydrogen-bond acceptors (Lipinski definition) is 3. The zero-order valence-corrected chi connectivity index (χ0v) is 11.5. The number of fused-ring (bicyclic) bond motifs is 1. The van der Waals surface area contributed by atoms with Gasteiger partial charge < -0.3 is 10.6 Å². The molecule has 2 N–H and O–H groups in total. The Balaban J connectivity index is 1.99. The van der Waals surface area contributed by atoms with Crippen molar-refractivity contribution >= 4 is 16.5 Å². The average molecular weight is 265 g/mol. The van der Waals surface area contributed by atoms with Crippen LogP contribution in [0.2, 0.25) is 0 Å². The fraction of sp³-hybridized carbons (Fsp3) is 0.353. The molecule has 0 atom stereocenters. The van der Waals surface area contributed by atoms with Crippen LogP contribution in [0.25, 0.3) is 10.8 Å². The Morgan fingerprint density at radius 1 is 1.10 bits per heavy atom. The second kappa shape index (κ2) is 5.52. The zero-order valence-electron chi connectivity index (χ0n) is 11.5. The van der Waals surface area contributed by atoms with Gasteiger partial charge in [0.1, 0.15) is 0 Å². The summed E-state index contributed by atoms with van der Waals surface area (Å²) in [4.78, 5) is 2.43. The van der Waals surface area contributed by atoms with Crippen molar-refractivity contribution in [3.05, 3.63) is 42.0 Å². The summed E-state index contributed by atoms with van der Waals surface area (Å²) >= 11 is 0. The third kappa shape index (κ3) is 2.23. The van der Waals surface area contributed by atoms with Gasteiger partial charge in [0, 0.05) is 29.5 Å². The number of benzene rings is 2. The molecule has 20 heavy (non-hydrogen) atoms. The van der Waals surface area contributed by atoms with Crippen molar-refractivity contribution < 1.29 is 0 Å². The van der Waals surface area contributed by atoms with E-state index in [1.54, 1.807) is 0 Å². The average Bonchev–Trinajstić information content (AvgIpc) is 2.54. The third-order valence-corrected chi connectivity index (χ3v) is 4.31. The minimum Gasteiger partial charge on any atom is -0.371 e. The van der Waals surface area contributed by atoms with Gasteiger partial charge in [0.25, 0.3) is 0 Å². The van der Waals surface area contributed by atoms with Crippen LogP contribution in [0.5, 0.6) is 0 Å². The SMILES string of the molecule is N#Cc1ccc(N2CCC(CN)CC2)c2ccccc12. The number of nitrogens with two attached hydrogens (primary N) is 1. The lowest BCUT2D eigenvalue weighted by Crippen LogP contribution is -2.36. The second-order valence-electron chi connectivity index (χ2n) is 5.46. The van der Waals surface area contributed by atoms with Gasteiger partial charge in [-0.2, -0.15) is 5.26 Å². The van der Waals surface area contributed by atoms with Gasteiger partial charge in [-0.3, -0.25) is 0 Å². The monoisotopic (exact) mass is 265 g/mol. The molecule has 1 heterocycles. The molecule has 102 valence electrons. The zero-order chi connectivity index (χ0) is 13.9. The largest absolute Gasteiger partial charge is 0.371 e. The van der Waals surface area contributed by atoms with E-state index in [0.717, 1.165) is 43.4 Å². The highest BCUT2D eigenvalue weighted by molar-refractivity contribution is 5.97. The first-order valence-corrected chi connectivity index (χ1v) is 7.20. The van der Waals surface area contributed by atoms with Crippen molar-refractivity contribution in [3.63, 3.8) is 0 Å². The summed E-state index contributed by atoms with van der Waals surface area (Å²) in [5.74, 6) is 0.663. The Kier molecular flexibility index (Phi) is 3.58. The van der Waals surface area contributed by atoms with E-state index in [2.05, 4.69) is 23.1 Å². The highest BCUT2D eigenvalue weighted by atomic mass is 15.1. The van der Waals surface area contributed by atoms with Crippen LogP contribution in [0.4, 0.5) is 5.69 Å². The van der Waals surface area contributed by atoms with E-state index in [1.807, 2.05) is 24.3 Å². The molecule has 2 aromatic carbocycles. The first kappa shape index (κ1) is 13.0. The number of piperidine rings is 1. The van der Waals surface area contributed by atoms with E-state index in [-0.39, 0.29) is 0 Å². The molecule has 1 aliphatic rings. The molecule has 3 heteroatoms. The predicted octanol–water partition coefficient (Wildman–Crippen LogP) is 2.89. The van der Waals surface area contributed by atoms with Gasteiger partial charge in [0.2, 0.25) is 0 Å². The maximum absolute atomic E-state index is 9.23. The summed E-state index contributed by atoms with van der Waals surface area (Å²) in [7, 11) is 0. The van der Waals surface area contributed by atoms with Gasteiger partial charge in [-0.05, 0) is 37.4 Å². The van der Waals surface area contributed by atoms with E-state index in [9.17, 15) is 5.26 Å². The Morgan fingerprint density at radius 3 is 2.45 bits per heavy atom. The number of rotatable bonds is 2. The van der Waals surface area contributed by atoms with E-state index in [0.29, 0.717) is 5.92 Å². The Labute approximate surface area is 119 Å². The first-order chi connectivity index (χ1) is 9.83. The third-order valence-electron chi connectivity index (χ3n) is 4.31.